The van der Waals surface area contributed by atoms with Gasteiger partial charge in [-0.3, -0.25) is 0 Å². The number of alkyl halides is 3. The summed E-state index contributed by atoms with van der Waals surface area (Å²) in [5, 5.41) is 3.04. The normalized spacial score (nSPS) is 12.9. The van der Waals surface area contributed by atoms with Crippen LogP contribution in [0.25, 0.3) is 0 Å². The van der Waals surface area contributed by atoms with Gasteiger partial charge in [-0.25, -0.2) is 13.1 Å². The van der Waals surface area contributed by atoms with Gasteiger partial charge in [-0.15, -0.1) is 11.3 Å². The Morgan fingerprint density at radius 2 is 2.00 bits per heavy atom. The lowest BCUT2D eigenvalue weighted by Gasteiger charge is -2.07. The summed E-state index contributed by atoms with van der Waals surface area (Å²) in [5.74, 6) is 0. The van der Waals surface area contributed by atoms with Gasteiger partial charge in [-0.2, -0.15) is 13.2 Å². The zero-order valence-corrected chi connectivity index (χ0v) is 12.1. The molecular formula is C10H15F3N2O2S2. The number of sulfonamides is 1. The third kappa shape index (κ3) is 5.09. The maximum atomic E-state index is 12.0. The van der Waals surface area contributed by atoms with Crippen molar-refractivity contribution in [3.8, 4) is 0 Å². The van der Waals surface area contributed by atoms with Gasteiger partial charge in [-0.1, -0.05) is 6.92 Å². The van der Waals surface area contributed by atoms with E-state index in [-0.39, 0.29) is 4.21 Å². The van der Waals surface area contributed by atoms with Crippen LogP contribution in [0.3, 0.4) is 0 Å². The van der Waals surface area contributed by atoms with Crippen molar-refractivity contribution in [1.82, 2.24) is 10.0 Å². The highest BCUT2D eigenvalue weighted by molar-refractivity contribution is 7.91. The molecule has 0 aliphatic heterocycles. The third-order valence-electron chi connectivity index (χ3n) is 2.26. The van der Waals surface area contributed by atoms with Crippen LogP contribution in [0, 0.1) is 6.92 Å². The molecule has 1 aromatic rings. The van der Waals surface area contributed by atoms with Crippen LogP contribution in [0.2, 0.25) is 0 Å². The fourth-order valence-electron chi connectivity index (χ4n) is 1.28. The molecule has 1 rings (SSSR count). The minimum Gasteiger partial charge on any atom is -0.312 e. The van der Waals surface area contributed by atoms with Crippen molar-refractivity contribution in [2.24, 2.45) is 0 Å². The molecule has 0 aliphatic rings. The van der Waals surface area contributed by atoms with Crippen LogP contribution in [-0.4, -0.2) is 27.7 Å². The first-order chi connectivity index (χ1) is 8.65. The van der Waals surface area contributed by atoms with Crippen LogP contribution in [-0.2, 0) is 16.6 Å². The van der Waals surface area contributed by atoms with Crippen molar-refractivity contribution in [1.29, 1.82) is 0 Å². The van der Waals surface area contributed by atoms with E-state index in [1.54, 1.807) is 11.6 Å². The van der Waals surface area contributed by atoms with E-state index in [1.807, 2.05) is 6.92 Å². The maximum absolute atomic E-state index is 12.0. The number of halogens is 3. The Balaban J connectivity index is 2.84. The Kier molecular flexibility index (Phi) is 5.36. The van der Waals surface area contributed by atoms with Crippen LogP contribution >= 0.6 is 11.3 Å². The van der Waals surface area contributed by atoms with E-state index in [0.29, 0.717) is 6.54 Å². The van der Waals surface area contributed by atoms with E-state index in [0.717, 1.165) is 28.3 Å². The highest BCUT2D eigenvalue weighted by Crippen LogP contribution is 2.26. The Hall–Kier alpha value is -0.640. The minimum atomic E-state index is -4.56. The maximum Gasteiger partial charge on any atom is 0.402 e. The Morgan fingerprint density at radius 3 is 2.53 bits per heavy atom. The summed E-state index contributed by atoms with van der Waals surface area (Å²) in [6.07, 6.45) is -4.56. The summed E-state index contributed by atoms with van der Waals surface area (Å²) < 4.78 is 60.9. The van der Waals surface area contributed by atoms with E-state index in [2.05, 4.69) is 5.32 Å². The topological polar surface area (TPSA) is 58.2 Å². The van der Waals surface area contributed by atoms with E-state index in [9.17, 15) is 21.6 Å². The molecule has 2 N–H and O–H groups in total. The molecule has 0 radical (unpaired) electrons. The first-order valence-corrected chi connectivity index (χ1v) is 7.82. The monoisotopic (exact) mass is 316 g/mol. The van der Waals surface area contributed by atoms with Gasteiger partial charge in [0.05, 0.1) is 0 Å². The van der Waals surface area contributed by atoms with Crippen LogP contribution in [0.1, 0.15) is 17.4 Å². The molecule has 0 aliphatic carbocycles. The van der Waals surface area contributed by atoms with Crippen molar-refractivity contribution in [3.05, 3.63) is 16.5 Å². The molecule has 0 amide bonds. The Morgan fingerprint density at radius 1 is 1.37 bits per heavy atom. The zero-order chi connectivity index (χ0) is 14.7. The second-order valence-electron chi connectivity index (χ2n) is 3.89. The number of thiophene rings is 1. The van der Waals surface area contributed by atoms with E-state index < -0.39 is 22.7 Å². The molecule has 0 saturated heterocycles. The highest BCUT2D eigenvalue weighted by atomic mass is 32.2. The minimum absolute atomic E-state index is 0.0952. The second kappa shape index (κ2) is 6.21. The third-order valence-corrected chi connectivity index (χ3v) is 5.37. The van der Waals surface area contributed by atoms with E-state index in [1.165, 1.54) is 6.07 Å². The number of hydrogen-bond donors (Lipinski definition) is 2. The summed E-state index contributed by atoms with van der Waals surface area (Å²) in [4.78, 5) is 0.800. The van der Waals surface area contributed by atoms with Crippen LogP contribution < -0.4 is 10.0 Å². The molecule has 0 bridgehead atoms. The molecule has 0 spiro atoms. The number of nitrogens with one attached hydrogen (secondary N) is 2. The first-order valence-electron chi connectivity index (χ1n) is 5.52. The SMILES string of the molecule is CCNCc1sc(S(=O)(=O)NCC(F)(F)F)cc1C. The summed E-state index contributed by atoms with van der Waals surface area (Å²) >= 11 is 0.977. The van der Waals surface area contributed by atoms with Crippen LogP contribution in [0.15, 0.2) is 10.3 Å². The lowest BCUT2D eigenvalue weighted by molar-refractivity contribution is -0.121. The molecular weight excluding hydrogens is 301 g/mol. The Labute approximate surface area is 114 Å². The highest BCUT2D eigenvalue weighted by Gasteiger charge is 2.30. The molecule has 1 aromatic heterocycles. The van der Waals surface area contributed by atoms with Gasteiger partial charge >= 0.3 is 6.18 Å². The number of aryl methyl sites for hydroxylation is 1. The van der Waals surface area contributed by atoms with Gasteiger partial charge < -0.3 is 5.32 Å². The summed E-state index contributed by atoms with van der Waals surface area (Å²) in [6.45, 7) is 3.31. The van der Waals surface area contributed by atoms with Crippen molar-refractivity contribution in [2.45, 2.75) is 30.8 Å². The standard InChI is InChI=1S/C10H15F3N2O2S2/c1-3-14-5-8-7(2)4-9(18-8)19(16,17)15-6-10(11,12)13/h4,14-15H,3,5-6H2,1-2H3. The predicted octanol–water partition coefficient (Wildman–Crippen LogP) is 2.01. The summed E-state index contributed by atoms with van der Waals surface area (Å²) in [7, 11) is -4.10. The van der Waals surface area contributed by atoms with Gasteiger partial charge in [0.1, 0.15) is 10.8 Å². The van der Waals surface area contributed by atoms with Crippen molar-refractivity contribution < 1.29 is 21.6 Å². The average molecular weight is 316 g/mol. The van der Waals surface area contributed by atoms with Crippen molar-refractivity contribution >= 4 is 21.4 Å². The van der Waals surface area contributed by atoms with Crippen molar-refractivity contribution in [3.63, 3.8) is 0 Å². The lowest BCUT2D eigenvalue weighted by Crippen LogP contribution is -2.33. The lowest BCUT2D eigenvalue weighted by atomic mass is 10.3. The molecule has 0 atom stereocenters. The van der Waals surface area contributed by atoms with E-state index >= 15 is 0 Å². The van der Waals surface area contributed by atoms with Gasteiger partial charge in [-0.05, 0) is 25.1 Å². The largest absolute Gasteiger partial charge is 0.402 e. The van der Waals surface area contributed by atoms with Gasteiger partial charge in [0.25, 0.3) is 0 Å². The number of hydrogen-bond acceptors (Lipinski definition) is 4. The molecule has 1 heterocycles. The van der Waals surface area contributed by atoms with Gasteiger partial charge in [0.15, 0.2) is 0 Å². The summed E-state index contributed by atoms with van der Waals surface area (Å²) in [5.41, 5.74) is 0.748. The van der Waals surface area contributed by atoms with Gasteiger partial charge in [0.2, 0.25) is 10.0 Å². The number of rotatable bonds is 6. The fourth-order valence-corrected chi connectivity index (χ4v) is 3.90. The smallest absolute Gasteiger partial charge is 0.312 e. The molecule has 4 nitrogen and oxygen atoms in total. The Bertz CT molecular complexity index is 523. The molecule has 0 saturated carbocycles. The average Bonchev–Trinajstić information content (AvgIpc) is 2.65. The predicted molar refractivity (Wildman–Crippen MR) is 67.7 cm³/mol. The van der Waals surface area contributed by atoms with Crippen LogP contribution in [0.5, 0.6) is 0 Å². The quantitative estimate of drug-likeness (QED) is 0.844. The molecule has 110 valence electrons. The first kappa shape index (κ1) is 16.4. The zero-order valence-electron chi connectivity index (χ0n) is 10.5. The second-order valence-corrected chi connectivity index (χ2v) is 7.02. The molecule has 0 aromatic carbocycles. The van der Waals surface area contributed by atoms with E-state index in [4.69, 9.17) is 0 Å². The fraction of sp³-hybridized carbons (Fsp3) is 0.600. The van der Waals surface area contributed by atoms with Crippen LogP contribution in [0.4, 0.5) is 13.2 Å². The summed E-state index contributed by atoms with van der Waals surface area (Å²) in [6, 6.07) is 1.38. The molecule has 0 fully saturated rings. The van der Waals surface area contributed by atoms with Gasteiger partial charge in [0, 0.05) is 11.4 Å². The van der Waals surface area contributed by atoms with Crippen molar-refractivity contribution in [2.75, 3.05) is 13.1 Å². The molecule has 9 heteroatoms. The molecule has 0 unspecified atom stereocenters. The molecule has 19 heavy (non-hydrogen) atoms.